The lowest BCUT2D eigenvalue weighted by Crippen LogP contribution is -2.48. The molecule has 7 nitrogen and oxygen atoms in total. The molecular weight excluding hydrogens is 468 g/mol. The summed E-state index contributed by atoms with van der Waals surface area (Å²) in [6.07, 6.45) is -0.752. The molecule has 0 fully saturated rings. The van der Waals surface area contributed by atoms with E-state index in [1.54, 1.807) is 20.8 Å². The van der Waals surface area contributed by atoms with Crippen molar-refractivity contribution in [3.8, 4) is 11.5 Å². The summed E-state index contributed by atoms with van der Waals surface area (Å²) < 4.78 is 17.3. The number of rotatable bonds is 6. The zero-order valence-corrected chi connectivity index (χ0v) is 22.2. The van der Waals surface area contributed by atoms with E-state index < -0.39 is 32.1 Å². The lowest BCUT2D eigenvalue weighted by molar-refractivity contribution is -0.121. The highest BCUT2D eigenvalue weighted by atomic mass is 32.1. The maximum atomic E-state index is 13.2. The average Bonchev–Trinajstić information content (AvgIpc) is 2.70. The van der Waals surface area contributed by atoms with E-state index in [1.165, 1.54) is 0 Å². The van der Waals surface area contributed by atoms with Gasteiger partial charge in [-0.3, -0.25) is 4.79 Å². The minimum Gasteiger partial charge on any atom is -0.538 e. The monoisotopic (exact) mass is 500 g/mol. The van der Waals surface area contributed by atoms with Crippen molar-refractivity contribution in [1.29, 1.82) is 0 Å². The minimum atomic E-state index is -2.05. The van der Waals surface area contributed by atoms with Crippen LogP contribution in [-0.4, -0.2) is 37.0 Å². The Morgan fingerprint density at radius 3 is 2.06 bits per heavy atom. The third-order valence-electron chi connectivity index (χ3n) is 4.76. The molecule has 0 bridgehead atoms. The Morgan fingerprint density at radius 2 is 1.56 bits per heavy atom. The van der Waals surface area contributed by atoms with Gasteiger partial charge in [0.15, 0.2) is 5.05 Å². The largest absolute Gasteiger partial charge is 0.538 e. The van der Waals surface area contributed by atoms with Crippen LogP contribution in [0.1, 0.15) is 44.4 Å². The van der Waals surface area contributed by atoms with Crippen LogP contribution in [0.3, 0.4) is 0 Å². The predicted molar refractivity (Wildman–Crippen MR) is 138 cm³/mol. The fourth-order valence-electron chi connectivity index (χ4n) is 3.49. The van der Waals surface area contributed by atoms with E-state index in [4.69, 9.17) is 26.1 Å². The number of amides is 2. The molecule has 2 amide bonds. The van der Waals surface area contributed by atoms with Gasteiger partial charge in [-0.15, -0.1) is 0 Å². The third-order valence-corrected chi connectivity index (χ3v) is 6.11. The number of para-hydroxylation sites is 2. The van der Waals surface area contributed by atoms with Crippen molar-refractivity contribution in [3.63, 3.8) is 0 Å². The van der Waals surface area contributed by atoms with Gasteiger partial charge in [0, 0.05) is 11.1 Å². The van der Waals surface area contributed by atoms with E-state index in [0.29, 0.717) is 11.5 Å². The van der Waals surface area contributed by atoms with Gasteiger partial charge in [0.1, 0.15) is 23.1 Å². The second-order valence-electron chi connectivity index (χ2n) is 10.1. The molecule has 0 saturated carbocycles. The third kappa shape index (κ3) is 7.04. The summed E-state index contributed by atoms with van der Waals surface area (Å²) in [4.78, 5) is 25.7. The molecule has 1 aliphatic rings. The highest BCUT2D eigenvalue weighted by Gasteiger charge is 2.32. The number of hydrogen-bond acceptors (Lipinski definition) is 6. The van der Waals surface area contributed by atoms with E-state index in [9.17, 15) is 9.59 Å². The van der Waals surface area contributed by atoms with Gasteiger partial charge in [-0.1, -0.05) is 36.4 Å². The van der Waals surface area contributed by atoms with Crippen LogP contribution >= 0.6 is 12.2 Å². The fraction of sp³-hybridized carbons (Fsp3) is 0.400. The molecule has 1 heterocycles. The molecule has 1 unspecified atom stereocenters. The number of fused-ring (bicyclic) bond motifs is 2. The Labute approximate surface area is 207 Å². The van der Waals surface area contributed by atoms with Crippen molar-refractivity contribution >= 4 is 37.6 Å². The van der Waals surface area contributed by atoms with Crippen molar-refractivity contribution in [2.24, 2.45) is 0 Å². The first-order valence-corrected chi connectivity index (χ1v) is 15.0. The van der Waals surface area contributed by atoms with Crippen molar-refractivity contribution in [1.82, 2.24) is 10.6 Å². The molecule has 9 heteroatoms. The first kappa shape index (κ1) is 25.7. The van der Waals surface area contributed by atoms with E-state index in [-0.39, 0.29) is 17.4 Å². The summed E-state index contributed by atoms with van der Waals surface area (Å²) in [6.45, 7) is 11.3. The number of carbonyl (C=O) groups excluding carboxylic acids is 2. The molecule has 0 radical (unpaired) electrons. The standard InChI is InChI=1S/C25H32N2O5SSi/c1-25(2,3)31-24(29)26-18(23(33)32-34(4,5)6)15-21(28)27-22-16-11-7-9-13-19(16)30-20-14-10-8-12-17(20)22/h7-14,18,22H,15H2,1-6H3,(H,26,29)(H,27,28). The first-order chi connectivity index (χ1) is 15.8. The summed E-state index contributed by atoms with van der Waals surface area (Å²) in [7, 11) is -2.05. The summed E-state index contributed by atoms with van der Waals surface area (Å²) in [6, 6.07) is 13.9. The molecule has 182 valence electrons. The number of nitrogens with one attached hydrogen (secondary N) is 2. The first-order valence-electron chi connectivity index (χ1n) is 11.2. The fourth-order valence-corrected chi connectivity index (χ4v) is 5.12. The number of ether oxygens (including phenoxy) is 2. The maximum absolute atomic E-state index is 13.2. The molecule has 3 rings (SSSR count). The molecule has 0 aliphatic carbocycles. The van der Waals surface area contributed by atoms with Gasteiger partial charge in [-0.2, -0.15) is 0 Å². The molecule has 2 N–H and O–H groups in total. The molecule has 1 aliphatic heterocycles. The molecule has 0 spiro atoms. The smallest absolute Gasteiger partial charge is 0.408 e. The molecule has 2 aromatic carbocycles. The number of carbonyl (C=O) groups is 2. The molecule has 1 atom stereocenters. The van der Waals surface area contributed by atoms with Gasteiger partial charge in [0.05, 0.1) is 12.5 Å². The van der Waals surface area contributed by atoms with E-state index >= 15 is 0 Å². The summed E-state index contributed by atoms with van der Waals surface area (Å²) in [5.74, 6) is 1.08. The molecular formula is C25H32N2O5SSi. The maximum Gasteiger partial charge on any atom is 0.408 e. The van der Waals surface area contributed by atoms with Crippen molar-refractivity contribution in [2.75, 3.05) is 0 Å². The van der Waals surface area contributed by atoms with Crippen LogP contribution in [0.5, 0.6) is 11.5 Å². The second-order valence-corrected chi connectivity index (χ2v) is 14.9. The van der Waals surface area contributed by atoms with Crippen LogP contribution in [0, 0.1) is 0 Å². The SMILES string of the molecule is CC(C)(C)OC(=O)NC(CC(=O)NC1c2ccccc2Oc2ccccc21)C(=S)O[Si](C)(C)C. The Morgan fingerprint density at radius 1 is 1.03 bits per heavy atom. The number of hydrogen-bond donors (Lipinski definition) is 2. The zero-order chi connectivity index (χ0) is 25.1. The van der Waals surface area contributed by atoms with E-state index in [2.05, 4.69) is 10.6 Å². The Hall–Kier alpha value is -2.91. The predicted octanol–water partition coefficient (Wildman–Crippen LogP) is 5.46. The zero-order valence-electron chi connectivity index (χ0n) is 20.4. The lowest BCUT2D eigenvalue weighted by Gasteiger charge is -2.30. The van der Waals surface area contributed by atoms with Crippen LogP contribution in [0.25, 0.3) is 0 Å². The van der Waals surface area contributed by atoms with Crippen LogP contribution < -0.4 is 15.4 Å². The number of alkyl carbamates (subject to hydrolysis) is 1. The van der Waals surface area contributed by atoms with Gasteiger partial charge in [-0.25, -0.2) is 4.79 Å². The Balaban J connectivity index is 1.80. The molecule has 34 heavy (non-hydrogen) atoms. The van der Waals surface area contributed by atoms with Gasteiger partial charge in [-0.05, 0) is 64.8 Å². The van der Waals surface area contributed by atoms with Crippen molar-refractivity contribution < 1.29 is 23.5 Å². The van der Waals surface area contributed by atoms with E-state index in [0.717, 1.165) is 11.1 Å². The lowest BCUT2D eigenvalue weighted by atomic mass is 9.94. The quantitative estimate of drug-likeness (QED) is 0.405. The van der Waals surface area contributed by atoms with Crippen LogP contribution in [0.4, 0.5) is 4.79 Å². The molecule has 0 saturated heterocycles. The molecule has 0 aromatic heterocycles. The average molecular weight is 501 g/mol. The van der Waals surface area contributed by atoms with Crippen LogP contribution in [-0.2, 0) is 14.0 Å². The van der Waals surface area contributed by atoms with Gasteiger partial charge in [0.2, 0.25) is 14.2 Å². The van der Waals surface area contributed by atoms with Gasteiger partial charge in [0.25, 0.3) is 0 Å². The van der Waals surface area contributed by atoms with Crippen molar-refractivity contribution in [2.45, 2.75) is 64.5 Å². The van der Waals surface area contributed by atoms with Crippen LogP contribution in [0.15, 0.2) is 48.5 Å². The van der Waals surface area contributed by atoms with Gasteiger partial charge < -0.3 is 24.5 Å². The summed E-state index contributed by atoms with van der Waals surface area (Å²) in [5.41, 5.74) is 1.02. The highest BCUT2D eigenvalue weighted by Crippen LogP contribution is 2.42. The number of thiocarbonyl (C=S) groups is 1. The normalized spacial score (nSPS) is 14.1. The Kier molecular flexibility index (Phi) is 7.67. The van der Waals surface area contributed by atoms with Crippen molar-refractivity contribution in [3.05, 3.63) is 59.7 Å². The van der Waals surface area contributed by atoms with E-state index in [1.807, 2.05) is 68.2 Å². The Bertz CT molecular complexity index is 1030. The highest BCUT2D eigenvalue weighted by molar-refractivity contribution is 7.80. The number of benzene rings is 2. The molecule has 2 aromatic rings. The summed E-state index contributed by atoms with van der Waals surface area (Å²) in [5, 5.41) is 5.97. The second kappa shape index (κ2) is 10.1. The topological polar surface area (TPSA) is 85.9 Å². The summed E-state index contributed by atoms with van der Waals surface area (Å²) >= 11 is 5.47. The minimum absolute atomic E-state index is 0.0930. The van der Waals surface area contributed by atoms with Gasteiger partial charge >= 0.3 is 6.09 Å². The van der Waals surface area contributed by atoms with Crippen LogP contribution in [0.2, 0.25) is 19.6 Å².